The molecule has 0 aliphatic heterocycles. The van der Waals surface area contributed by atoms with Crippen LogP contribution < -0.4 is 4.74 Å². The molecule has 0 saturated carbocycles. The number of rotatable bonds is 3. The molecule has 7 heteroatoms. The van der Waals surface area contributed by atoms with Crippen molar-refractivity contribution < 1.29 is 22.3 Å². The molecule has 3 nitrogen and oxygen atoms in total. The molecular formula is C18H12F4N2O. The van der Waals surface area contributed by atoms with Gasteiger partial charge in [-0.25, -0.2) is 9.37 Å². The Bertz CT molecular complexity index is 892. The highest BCUT2D eigenvalue weighted by Crippen LogP contribution is 2.32. The minimum absolute atomic E-state index is 0.0120. The van der Waals surface area contributed by atoms with E-state index >= 15 is 0 Å². The monoisotopic (exact) mass is 348 g/mol. The topological polar surface area (TPSA) is 35.0 Å². The summed E-state index contributed by atoms with van der Waals surface area (Å²) in [7, 11) is 0. The van der Waals surface area contributed by atoms with E-state index in [0.717, 1.165) is 12.1 Å². The third-order valence-corrected chi connectivity index (χ3v) is 3.32. The van der Waals surface area contributed by atoms with E-state index in [1.54, 1.807) is 6.92 Å². The summed E-state index contributed by atoms with van der Waals surface area (Å²) in [6.07, 6.45) is -4.46. The molecular weight excluding hydrogens is 336 g/mol. The van der Waals surface area contributed by atoms with Gasteiger partial charge < -0.3 is 4.74 Å². The highest BCUT2D eigenvalue weighted by atomic mass is 19.4. The first kappa shape index (κ1) is 16.9. The van der Waals surface area contributed by atoms with Crippen LogP contribution in [0.4, 0.5) is 17.6 Å². The molecule has 0 aliphatic rings. The van der Waals surface area contributed by atoms with Crippen LogP contribution in [0.5, 0.6) is 11.6 Å². The van der Waals surface area contributed by atoms with Crippen LogP contribution in [0.1, 0.15) is 11.3 Å². The van der Waals surface area contributed by atoms with Gasteiger partial charge in [0.15, 0.2) is 5.82 Å². The van der Waals surface area contributed by atoms with Crippen LogP contribution in [0.25, 0.3) is 11.4 Å². The van der Waals surface area contributed by atoms with E-state index in [9.17, 15) is 17.6 Å². The molecule has 25 heavy (non-hydrogen) atoms. The van der Waals surface area contributed by atoms with E-state index in [2.05, 4.69) is 9.97 Å². The van der Waals surface area contributed by atoms with Crippen LogP contribution in [0, 0.1) is 12.7 Å². The second-order valence-corrected chi connectivity index (χ2v) is 5.31. The fourth-order valence-electron chi connectivity index (χ4n) is 2.18. The van der Waals surface area contributed by atoms with Gasteiger partial charge in [-0.15, -0.1) is 0 Å². The quantitative estimate of drug-likeness (QED) is 0.594. The number of hydrogen-bond donors (Lipinski definition) is 0. The van der Waals surface area contributed by atoms with Gasteiger partial charge in [-0.2, -0.15) is 18.2 Å². The molecule has 0 unspecified atom stereocenters. The molecule has 0 amide bonds. The minimum atomic E-state index is -4.46. The lowest BCUT2D eigenvalue weighted by atomic mass is 10.2. The Balaban J connectivity index is 1.92. The summed E-state index contributed by atoms with van der Waals surface area (Å²) < 4.78 is 56.8. The number of aromatic nitrogens is 2. The Labute approximate surface area is 140 Å². The van der Waals surface area contributed by atoms with E-state index in [1.165, 1.54) is 42.5 Å². The van der Waals surface area contributed by atoms with E-state index in [-0.39, 0.29) is 11.6 Å². The van der Waals surface area contributed by atoms with Crippen molar-refractivity contribution in [2.45, 2.75) is 13.1 Å². The highest BCUT2D eigenvalue weighted by molar-refractivity contribution is 5.55. The molecule has 128 valence electrons. The van der Waals surface area contributed by atoms with Crippen molar-refractivity contribution in [3.8, 4) is 23.0 Å². The number of benzene rings is 2. The number of nitrogens with zero attached hydrogens (tertiary/aromatic N) is 2. The average Bonchev–Trinajstić information content (AvgIpc) is 2.54. The predicted octanol–water partition coefficient (Wildman–Crippen LogP) is 5.40. The van der Waals surface area contributed by atoms with E-state index < -0.39 is 17.6 Å². The van der Waals surface area contributed by atoms with Crippen LogP contribution >= 0.6 is 0 Å². The zero-order valence-electron chi connectivity index (χ0n) is 13.0. The van der Waals surface area contributed by atoms with Gasteiger partial charge in [0.05, 0.1) is 5.56 Å². The largest absolute Gasteiger partial charge is 0.439 e. The maximum Gasteiger partial charge on any atom is 0.416 e. The Morgan fingerprint density at radius 3 is 2.32 bits per heavy atom. The highest BCUT2D eigenvalue weighted by Gasteiger charge is 2.30. The fraction of sp³-hybridized carbons (Fsp3) is 0.111. The molecule has 0 spiro atoms. The average molecular weight is 348 g/mol. The summed E-state index contributed by atoms with van der Waals surface area (Å²) >= 11 is 0. The standard InChI is InChI=1S/C18H12F4N2O/c1-11-9-16(24-17(23-11)12-5-7-14(19)8-6-12)25-15-4-2-3-13(10-15)18(20,21)22/h2-10H,1H3. The second kappa shape index (κ2) is 6.51. The molecule has 1 aromatic heterocycles. The first-order valence-electron chi connectivity index (χ1n) is 7.28. The first-order valence-corrected chi connectivity index (χ1v) is 7.28. The number of alkyl halides is 3. The molecule has 0 N–H and O–H groups in total. The number of halogens is 4. The third kappa shape index (κ3) is 4.12. The molecule has 0 aliphatic carbocycles. The van der Waals surface area contributed by atoms with Crippen molar-refractivity contribution in [3.05, 3.63) is 71.7 Å². The van der Waals surface area contributed by atoms with Gasteiger partial charge >= 0.3 is 6.18 Å². The Morgan fingerprint density at radius 1 is 0.920 bits per heavy atom. The van der Waals surface area contributed by atoms with Gasteiger partial charge in [-0.1, -0.05) is 6.07 Å². The number of aryl methyl sites for hydroxylation is 1. The molecule has 1 heterocycles. The minimum Gasteiger partial charge on any atom is -0.439 e. The fourth-order valence-corrected chi connectivity index (χ4v) is 2.18. The lowest BCUT2D eigenvalue weighted by molar-refractivity contribution is -0.137. The summed E-state index contributed by atoms with van der Waals surface area (Å²) in [5, 5.41) is 0. The Morgan fingerprint density at radius 2 is 1.64 bits per heavy atom. The molecule has 3 rings (SSSR count). The summed E-state index contributed by atoms with van der Waals surface area (Å²) in [4.78, 5) is 8.42. The SMILES string of the molecule is Cc1cc(Oc2cccc(C(F)(F)F)c2)nc(-c2ccc(F)cc2)n1. The zero-order chi connectivity index (χ0) is 18.0. The van der Waals surface area contributed by atoms with Gasteiger partial charge in [0.1, 0.15) is 11.6 Å². The predicted molar refractivity (Wildman–Crippen MR) is 83.7 cm³/mol. The van der Waals surface area contributed by atoms with Crippen molar-refractivity contribution in [3.63, 3.8) is 0 Å². The normalized spacial score (nSPS) is 11.4. The molecule has 3 aromatic rings. The Kier molecular flexibility index (Phi) is 4.39. The lowest BCUT2D eigenvalue weighted by Crippen LogP contribution is -2.04. The molecule has 0 radical (unpaired) electrons. The summed E-state index contributed by atoms with van der Waals surface area (Å²) in [6.45, 7) is 1.70. The molecule has 0 fully saturated rings. The van der Waals surface area contributed by atoms with Crippen LogP contribution in [-0.4, -0.2) is 9.97 Å². The molecule has 0 atom stereocenters. The maximum atomic E-state index is 13.0. The lowest BCUT2D eigenvalue weighted by Gasteiger charge is -2.10. The van der Waals surface area contributed by atoms with Crippen molar-refractivity contribution in [2.75, 3.05) is 0 Å². The van der Waals surface area contributed by atoms with Crippen molar-refractivity contribution in [2.24, 2.45) is 0 Å². The van der Waals surface area contributed by atoms with Gasteiger partial charge in [-0.3, -0.25) is 0 Å². The van der Waals surface area contributed by atoms with Gasteiger partial charge in [-0.05, 0) is 49.4 Å². The smallest absolute Gasteiger partial charge is 0.416 e. The number of ether oxygens (including phenoxy) is 1. The van der Waals surface area contributed by atoms with E-state index in [1.807, 2.05) is 0 Å². The third-order valence-electron chi connectivity index (χ3n) is 3.32. The van der Waals surface area contributed by atoms with Gasteiger partial charge in [0.2, 0.25) is 5.88 Å². The number of hydrogen-bond acceptors (Lipinski definition) is 3. The summed E-state index contributed by atoms with van der Waals surface area (Å²) in [6, 6.07) is 11.6. The van der Waals surface area contributed by atoms with Crippen molar-refractivity contribution in [1.82, 2.24) is 9.97 Å². The Hall–Kier alpha value is -2.96. The van der Waals surface area contributed by atoms with Gasteiger partial charge in [0.25, 0.3) is 0 Å². The van der Waals surface area contributed by atoms with Crippen LogP contribution in [-0.2, 0) is 6.18 Å². The zero-order valence-corrected chi connectivity index (χ0v) is 13.0. The van der Waals surface area contributed by atoms with Crippen LogP contribution in [0.15, 0.2) is 54.6 Å². The molecule has 0 saturated heterocycles. The maximum absolute atomic E-state index is 13.0. The molecule has 0 bridgehead atoms. The van der Waals surface area contributed by atoms with Crippen molar-refractivity contribution >= 4 is 0 Å². The van der Waals surface area contributed by atoms with Gasteiger partial charge in [0, 0.05) is 17.3 Å². The van der Waals surface area contributed by atoms with E-state index in [0.29, 0.717) is 17.1 Å². The summed E-state index contributed by atoms with van der Waals surface area (Å²) in [5.41, 5.74) is 0.324. The molecule has 2 aromatic carbocycles. The van der Waals surface area contributed by atoms with E-state index in [4.69, 9.17) is 4.74 Å². The van der Waals surface area contributed by atoms with Crippen LogP contribution in [0.3, 0.4) is 0 Å². The van der Waals surface area contributed by atoms with Crippen LogP contribution in [0.2, 0.25) is 0 Å². The summed E-state index contributed by atoms with van der Waals surface area (Å²) in [5.74, 6) is 0.0166. The second-order valence-electron chi connectivity index (χ2n) is 5.31. The van der Waals surface area contributed by atoms with Crippen molar-refractivity contribution in [1.29, 1.82) is 0 Å². The first-order chi connectivity index (χ1) is 11.8.